The van der Waals surface area contributed by atoms with Gasteiger partial charge >= 0.3 is 0 Å². The monoisotopic (exact) mass is 445 g/mol. The average Bonchev–Trinajstić information content (AvgIpc) is 3.05. The van der Waals surface area contributed by atoms with E-state index in [0.717, 1.165) is 5.69 Å². The smallest absolute Gasteiger partial charge is 0.251 e. The van der Waals surface area contributed by atoms with Crippen molar-refractivity contribution in [2.45, 2.75) is 25.3 Å². The summed E-state index contributed by atoms with van der Waals surface area (Å²) in [7, 11) is 0. The van der Waals surface area contributed by atoms with E-state index < -0.39 is 6.04 Å². The van der Waals surface area contributed by atoms with Crippen molar-refractivity contribution in [3.8, 4) is 0 Å². The lowest BCUT2D eigenvalue weighted by Gasteiger charge is -2.34. The summed E-state index contributed by atoms with van der Waals surface area (Å²) in [6.07, 6.45) is 1.41. The van der Waals surface area contributed by atoms with Crippen LogP contribution in [0, 0.1) is 5.92 Å². The Morgan fingerprint density at radius 1 is 0.967 bits per heavy atom. The molecule has 4 rings (SSSR count). The second kappa shape index (κ2) is 8.76. The molecule has 8 heteroatoms. The third kappa shape index (κ3) is 4.21. The van der Waals surface area contributed by atoms with Crippen LogP contribution in [0.4, 0.5) is 11.4 Å². The molecule has 0 bridgehead atoms. The Morgan fingerprint density at radius 2 is 1.67 bits per heavy atom. The van der Waals surface area contributed by atoms with Gasteiger partial charge in [0.05, 0.1) is 28.2 Å². The molecule has 0 saturated carbocycles. The van der Waals surface area contributed by atoms with E-state index in [-0.39, 0.29) is 30.1 Å². The Bertz CT molecular complexity index is 975. The minimum absolute atomic E-state index is 0.00731. The lowest BCUT2D eigenvalue weighted by molar-refractivity contribution is -0.123. The summed E-state index contributed by atoms with van der Waals surface area (Å²) in [4.78, 5) is 41.2. The van der Waals surface area contributed by atoms with Crippen LogP contribution < -0.4 is 10.2 Å². The topological polar surface area (TPSA) is 69.7 Å². The molecule has 0 aliphatic carbocycles. The van der Waals surface area contributed by atoms with Gasteiger partial charge in [0, 0.05) is 11.6 Å². The van der Waals surface area contributed by atoms with Gasteiger partial charge in [-0.2, -0.15) is 0 Å². The molecule has 2 aromatic rings. The molecule has 2 aliphatic rings. The molecule has 2 aromatic carbocycles. The average molecular weight is 446 g/mol. The Morgan fingerprint density at radius 3 is 2.33 bits per heavy atom. The van der Waals surface area contributed by atoms with Crippen molar-refractivity contribution in [1.29, 1.82) is 0 Å². The number of rotatable bonds is 4. The number of amides is 3. The van der Waals surface area contributed by atoms with Gasteiger partial charge in [-0.1, -0.05) is 41.4 Å². The molecule has 1 N–H and O–H groups in total. The molecule has 30 heavy (non-hydrogen) atoms. The molecule has 1 atom stereocenters. The number of nitrogens with one attached hydrogen (secondary N) is 1. The van der Waals surface area contributed by atoms with Crippen LogP contribution in [0.5, 0.6) is 0 Å². The molecule has 2 aliphatic heterocycles. The van der Waals surface area contributed by atoms with E-state index in [4.69, 9.17) is 23.2 Å². The molecule has 0 spiro atoms. The molecule has 0 aromatic heterocycles. The maximum Gasteiger partial charge on any atom is 0.251 e. The number of hydrogen-bond acceptors (Lipinski definition) is 4. The predicted molar refractivity (Wildman–Crippen MR) is 117 cm³/mol. The summed E-state index contributed by atoms with van der Waals surface area (Å²) in [5.74, 6) is -0.634. The van der Waals surface area contributed by atoms with Gasteiger partial charge in [-0.05, 0) is 56.3 Å². The van der Waals surface area contributed by atoms with Crippen LogP contribution in [0.15, 0.2) is 48.5 Å². The number of likely N-dealkylation sites (tertiary alicyclic amines) is 1. The fourth-order valence-electron chi connectivity index (χ4n) is 4.04. The van der Waals surface area contributed by atoms with Gasteiger partial charge in [0.1, 0.15) is 0 Å². The van der Waals surface area contributed by atoms with Crippen molar-refractivity contribution in [3.05, 3.63) is 58.6 Å². The van der Waals surface area contributed by atoms with Crippen molar-refractivity contribution in [2.75, 3.05) is 23.3 Å². The van der Waals surface area contributed by atoms with Crippen LogP contribution in [0.3, 0.4) is 0 Å². The maximum absolute atomic E-state index is 13.0. The Labute approximate surface area is 184 Å². The van der Waals surface area contributed by atoms with Crippen LogP contribution >= 0.6 is 23.2 Å². The molecule has 0 radical (unpaired) electrons. The van der Waals surface area contributed by atoms with Crippen LogP contribution in [0.2, 0.25) is 10.0 Å². The quantitative estimate of drug-likeness (QED) is 0.722. The minimum atomic E-state index is -0.509. The second-order valence-corrected chi connectivity index (χ2v) is 8.37. The first-order chi connectivity index (χ1) is 14.4. The van der Waals surface area contributed by atoms with E-state index >= 15 is 0 Å². The van der Waals surface area contributed by atoms with Crippen molar-refractivity contribution >= 4 is 52.3 Å². The van der Waals surface area contributed by atoms with Crippen LogP contribution in [-0.4, -0.2) is 41.8 Å². The number of halogens is 2. The summed E-state index contributed by atoms with van der Waals surface area (Å²) < 4.78 is 0. The second-order valence-electron chi connectivity index (χ2n) is 7.55. The van der Waals surface area contributed by atoms with Crippen molar-refractivity contribution in [1.82, 2.24) is 4.90 Å². The van der Waals surface area contributed by atoms with E-state index in [1.54, 1.807) is 12.1 Å². The highest BCUT2D eigenvalue weighted by Crippen LogP contribution is 2.32. The third-order valence-electron chi connectivity index (χ3n) is 5.67. The minimum Gasteiger partial charge on any atom is -0.326 e. The van der Waals surface area contributed by atoms with Gasteiger partial charge in [-0.3, -0.25) is 19.3 Å². The van der Waals surface area contributed by atoms with Gasteiger partial charge in [-0.25, -0.2) is 4.90 Å². The van der Waals surface area contributed by atoms with Crippen LogP contribution in [-0.2, 0) is 14.4 Å². The molecule has 2 fully saturated rings. The predicted octanol–water partition coefficient (Wildman–Crippen LogP) is 3.98. The molecule has 2 heterocycles. The molecule has 2 saturated heterocycles. The fourth-order valence-corrected chi connectivity index (χ4v) is 4.33. The number of benzene rings is 2. The number of imide groups is 1. The molecule has 156 valence electrons. The highest BCUT2D eigenvalue weighted by atomic mass is 35.5. The van der Waals surface area contributed by atoms with E-state index in [2.05, 4.69) is 5.32 Å². The first kappa shape index (κ1) is 20.8. The molecular weight excluding hydrogens is 425 g/mol. The first-order valence-corrected chi connectivity index (χ1v) is 10.6. The van der Waals surface area contributed by atoms with Crippen molar-refractivity contribution in [2.24, 2.45) is 5.92 Å². The Hall–Kier alpha value is -2.41. The van der Waals surface area contributed by atoms with E-state index in [0.29, 0.717) is 41.7 Å². The van der Waals surface area contributed by atoms with Crippen LogP contribution in [0.25, 0.3) is 0 Å². The highest BCUT2D eigenvalue weighted by Gasteiger charge is 2.44. The lowest BCUT2D eigenvalue weighted by Crippen LogP contribution is -2.47. The van der Waals surface area contributed by atoms with E-state index in [1.165, 1.54) is 11.0 Å². The third-order valence-corrected chi connectivity index (χ3v) is 6.41. The zero-order valence-electron chi connectivity index (χ0n) is 16.2. The van der Waals surface area contributed by atoms with Gasteiger partial charge in [0.2, 0.25) is 11.8 Å². The Balaban J connectivity index is 1.38. The largest absolute Gasteiger partial charge is 0.326 e. The van der Waals surface area contributed by atoms with Gasteiger partial charge in [-0.15, -0.1) is 0 Å². The van der Waals surface area contributed by atoms with Crippen molar-refractivity contribution in [3.63, 3.8) is 0 Å². The van der Waals surface area contributed by atoms with Crippen LogP contribution in [0.1, 0.15) is 19.3 Å². The lowest BCUT2D eigenvalue weighted by atomic mass is 9.94. The fraction of sp³-hybridized carbons (Fsp3) is 0.318. The Kier molecular flexibility index (Phi) is 6.09. The number of para-hydroxylation sites is 1. The van der Waals surface area contributed by atoms with E-state index in [1.807, 2.05) is 35.2 Å². The number of nitrogens with zero attached hydrogens (tertiary/aromatic N) is 2. The van der Waals surface area contributed by atoms with E-state index in [9.17, 15) is 14.4 Å². The number of hydrogen-bond donors (Lipinski definition) is 1. The normalized spacial score (nSPS) is 20.6. The zero-order valence-corrected chi connectivity index (χ0v) is 17.7. The SMILES string of the molecule is O=C(Nc1ccccc1)C1CCN([C@H]2CC(=O)N(c3ccc(Cl)c(Cl)c3)C2=O)CC1. The summed E-state index contributed by atoms with van der Waals surface area (Å²) >= 11 is 12.0. The maximum atomic E-state index is 13.0. The van der Waals surface area contributed by atoms with Gasteiger partial charge in [0.15, 0.2) is 0 Å². The van der Waals surface area contributed by atoms with Gasteiger partial charge < -0.3 is 5.32 Å². The number of anilines is 2. The number of carbonyl (C=O) groups excluding carboxylic acids is 3. The summed E-state index contributed by atoms with van der Waals surface area (Å²) in [5, 5.41) is 3.60. The molecule has 6 nitrogen and oxygen atoms in total. The number of carbonyl (C=O) groups is 3. The molecular formula is C22H21Cl2N3O3. The molecule has 0 unspecified atom stereocenters. The summed E-state index contributed by atoms with van der Waals surface area (Å²) in [5.41, 5.74) is 1.21. The summed E-state index contributed by atoms with van der Waals surface area (Å²) in [6, 6.07) is 13.6. The standard InChI is InChI=1S/C22H21Cl2N3O3/c23-17-7-6-16(12-18(17)24)27-20(28)13-19(22(27)30)26-10-8-14(9-11-26)21(29)25-15-4-2-1-3-5-15/h1-7,12,14,19H,8-11,13H2,(H,25,29)/t19-/m0/s1. The van der Waals surface area contributed by atoms with Gasteiger partial charge in [0.25, 0.3) is 5.91 Å². The first-order valence-electron chi connectivity index (χ1n) is 9.86. The zero-order chi connectivity index (χ0) is 21.3. The van der Waals surface area contributed by atoms with Crippen molar-refractivity contribution < 1.29 is 14.4 Å². The number of piperidine rings is 1. The highest BCUT2D eigenvalue weighted by molar-refractivity contribution is 6.42. The summed E-state index contributed by atoms with van der Waals surface area (Å²) in [6.45, 7) is 1.18. The molecule has 3 amide bonds.